The molecule has 0 fully saturated rings. The van der Waals surface area contributed by atoms with Crippen molar-refractivity contribution in [2.75, 3.05) is 12.3 Å². The zero-order valence-corrected chi connectivity index (χ0v) is 17.0. The molecule has 2 aromatic carbocycles. The number of aromatic nitrogens is 2. The SMILES string of the molecule is Cc1cc(C)n(Cc2ccc(C(=O)NCCSc3ccc(Cl)cc3)cc2)n1. The van der Waals surface area contributed by atoms with Gasteiger partial charge in [-0.25, -0.2) is 0 Å². The molecular weight excluding hydrogens is 378 g/mol. The number of hydrogen-bond donors (Lipinski definition) is 1. The first kappa shape index (κ1) is 19.5. The molecule has 4 nitrogen and oxygen atoms in total. The Balaban J connectivity index is 1.47. The highest BCUT2D eigenvalue weighted by molar-refractivity contribution is 7.99. The molecule has 140 valence electrons. The van der Waals surface area contributed by atoms with E-state index in [1.165, 1.54) is 0 Å². The van der Waals surface area contributed by atoms with Crippen molar-refractivity contribution in [1.82, 2.24) is 15.1 Å². The van der Waals surface area contributed by atoms with Crippen molar-refractivity contribution in [3.63, 3.8) is 0 Å². The Hall–Kier alpha value is -2.24. The molecule has 0 saturated heterocycles. The van der Waals surface area contributed by atoms with Gasteiger partial charge in [-0.3, -0.25) is 9.48 Å². The minimum Gasteiger partial charge on any atom is -0.351 e. The van der Waals surface area contributed by atoms with E-state index in [4.69, 9.17) is 11.6 Å². The molecule has 0 saturated carbocycles. The fraction of sp³-hybridized carbons (Fsp3) is 0.238. The Labute approximate surface area is 168 Å². The average Bonchev–Trinajstić information content (AvgIpc) is 2.97. The smallest absolute Gasteiger partial charge is 0.251 e. The molecule has 0 aliphatic carbocycles. The molecule has 1 heterocycles. The average molecular weight is 400 g/mol. The lowest BCUT2D eigenvalue weighted by molar-refractivity contribution is 0.0956. The second kappa shape index (κ2) is 9.11. The monoisotopic (exact) mass is 399 g/mol. The number of nitrogens with one attached hydrogen (secondary N) is 1. The van der Waals surface area contributed by atoms with Crippen molar-refractivity contribution in [1.29, 1.82) is 0 Å². The molecule has 0 aliphatic heterocycles. The summed E-state index contributed by atoms with van der Waals surface area (Å²) in [6, 6.07) is 17.5. The molecule has 6 heteroatoms. The molecule has 1 aromatic heterocycles. The van der Waals surface area contributed by atoms with Crippen LogP contribution in [0.15, 0.2) is 59.5 Å². The minimum absolute atomic E-state index is 0.0515. The second-order valence-electron chi connectivity index (χ2n) is 6.34. The lowest BCUT2D eigenvalue weighted by atomic mass is 10.1. The number of nitrogens with zero attached hydrogens (tertiary/aromatic N) is 2. The van der Waals surface area contributed by atoms with Gasteiger partial charge in [0.2, 0.25) is 0 Å². The summed E-state index contributed by atoms with van der Waals surface area (Å²) < 4.78 is 1.97. The summed E-state index contributed by atoms with van der Waals surface area (Å²) in [5.41, 5.74) is 3.94. The van der Waals surface area contributed by atoms with Crippen LogP contribution in [0.25, 0.3) is 0 Å². The van der Waals surface area contributed by atoms with E-state index in [0.717, 1.165) is 32.6 Å². The van der Waals surface area contributed by atoms with Gasteiger partial charge in [0.15, 0.2) is 0 Å². The topological polar surface area (TPSA) is 46.9 Å². The maximum atomic E-state index is 12.3. The summed E-state index contributed by atoms with van der Waals surface area (Å²) in [6.07, 6.45) is 0. The predicted octanol–water partition coefficient (Wildman–Crippen LogP) is 4.72. The van der Waals surface area contributed by atoms with Gasteiger partial charge in [0.25, 0.3) is 5.91 Å². The third-order valence-corrected chi connectivity index (χ3v) is 5.39. The zero-order valence-electron chi connectivity index (χ0n) is 15.4. The molecule has 3 aromatic rings. The van der Waals surface area contributed by atoms with Crippen LogP contribution in [0.1, 0.15) is 27.3 Å². The number of thioether (sulfide) groups is 1. The van der Waals surface area contributed by atoms with E-state index in [2.05, 4.69) is 16.5 Å². The standard InChI is InChI=1S/C21H22ClN3OS/c1-15-13-16(2)25(24-15)14-17-3-5-18(6-4-17)21(26)23-11-12-27-20-9-7-19(22)8-10-20/h3-10,13H,11-12,14H2,1-2H3,(H,23,26). The van der Waals surface area contributed by atoms with Crippen molar-refractivity contribution < 1.29 is 4.79 Å². The molecule has 3 rings (SSSR count). The van der Waals surface area contributed by atoms with Crippen molar-refractivity contribution in [2.45, 2.75) is 25.3 Å². The van der Waals surface area contributed by atoms with Crippen LogP contribution in [-0.4, -0.2) is 28.0 Å². The molecule has 1 amide bonds. The van der Waals surface area contributed by atoms with Crippen molar-refractivity contribution in [2.24, 2.45) is 0 Å². The van der Waals surface area contributed by atoms with Crippen LogP contribution in [0.4, 0.5) is 0 Å². The van der Waals surface area contributed by atoms with Crippen LogP contribution < -0.4 is 5.32 Å². The highest BCUT2D eigenvalue weighted by atomic mass is 35.5. The zero-order chi connectivity index (χ0) is 19.2. The van der Waals surface area contributed by atoms with E-state index < -0.39 is 0 Å². The maximum absolute atomic E-state index is 12.3. The first-order valence-electron chi connectivity index (χ1n) is 8.78. The minimum atomic E-state index is -0.0515. The van der Waals surface area contributed by atoms with Crippen LogP contribution in [-0.2, 0) is 6.54 Å². The first-order valence-corrected chi connectivity index (χ1v) is 10.1. The Kier molecular flexibility index (Phi) is 6.58. The van der Waals surface area contributed by atoms with Crippen molar-refractivity contribution in [3.05, 3.63) is 82.1 Å². The van der Waals surface area contributed by atoms with Crippen molar-refractivity contribution in [3.8, 4) is 0 Å². The van der Waals surface area contributed by atoms with Crippen LogP contribution in [0, 0.1) is 13.8 Å². The molecule has 0 radical (unpaired) electrons. The molecular formula is C21H22ClN3OS. The fourth-order valence-electron chi connectivity index (χ4n) is 2.74. The van der Waals surface area contributed by atoms with E-state index in [-0.39, 0.29) is 5.91 Å². The van der Waals surface area contributed by atoms with E-state index >= 15 is 0 Å². The van der Waals surface area contributed by atoms with Gasteiger partial charge in [0.1, 0.15) is 0 Å². The van der Waals surface area contributed by atoms with E-state index in [9.17, 15) is 4.79 Å². The Bertz CT molecular complexity index is 904. The number of halogens is 1. The summed E-state index contributed by atoms with van der Waals surface area (Å²) in [4.78, 5) is 13.4. The van der Waals surface area contributed by atoms with Crippen LogP contribution in [0.5, 0.6) is 0 Å². The van der Waals surface area contributed by atoms with Gasteiger partial charge >= 0.3 is 0 Å². The number of benzene rings is 2. The normalized spacial score (nSPS) is 10.8. The predicted molar refractivity (Wildman–Crippen MR) is 112 cm³/mol. The van der Waals surface area contributed by atoms with Crippen LogP contribution in [0.3, 0.4) is 0 Å². The summed E-state index contributed by atoms with van der Waals surface area (Å²) >= 11 is 7.57. The Morgan fingerprint density at radius 1 is 1.11 bits per heavy atom. The van der Waals surface area contributed by atoms with Gasteiger partial charge in [-0.15, -0.1) is 11.8 Å². The van der Waals surface area contributed by atoms with Gasteiger partial charge < -0.3 is 5.32 Å². The molecule has 0 aliphatic rings. The molecule has 27 heavy (non-hydrogen) atoms. The summed E-state index contributed by atoms with van der Waals surface area (Å²) in [7, 11) is 0. The number of aryl methyl sites for hydroxylation is 2. The third kappa shape index (κ3) is 5.62. The molecule has 1 N–H and O–H groups in total. The van der Waals surface area contributed by atoms with Gasteiger partial charge in [-0.2, -0.15) is 5.10 Å². The summed E-state index contributed by atoms with van der Waals surface area (Å²) in [6.45, 7) is 5.35. The summed E-state index contributed by atoms with van der Waals surface area (Å²) in [5, 5.41) is 8.16. The first-order chi connectivity index (χ1) is 13.0. The molecule has 0 unspecified atom stereocenters. The van der Waals surface area contributed by atoms with Gasteiger partial charge in [-0.1, -0.05) is 23.7 Å². The maximum Gasteiger partial charge on any atom is 0.251 e. The number of amides is 1. The lowest BCUT2D eigenvalue weighted by Gasteiger charge is -2.08. The fourth-order valence-corrected chi connectivity index (χ4v) is 3.63. The molecule has 0 bridgehead atoms. The van der Waals surface area contributed by atoms with Gasteiger partial charge in [-0.05, 0) is 61.9 Å². The van der Waals surface area contributed by atoms with Gasteiger partial charge in [0, 0.05) is 33.5 Å². The number of rotatable bonds is 7. The highest BCUT2D eigenvalue weighted by Gasteiger charge is 2.06. The second-order valence-corrected chi connectivity index (χ2v) is 7.94. The molecule has 0 atom stereocenters. The van der Waals surface area contributed by atoms with E-state index in [0.29, 0.717) is 18.7 Å². The largest absolute Gasteiger partial charge is 0.351 e. The Morgan fingerprint density at radius 2 is 1.81 bits per heavy atom. The van der Waals surface area contributed by atoms with Crippen molar-refractivity contribution >= 4 is 29.3 Å². The third-order valence-electron chi connectivity index (χ3n) is 4.12. The quantitative estimate of drug-likeness (QED) is 0.461. The Morgan fingerprint density at radius 3 is 2.44 bits per heavy atom. The van der Waals surface area contributed by atoms with Gasteiger partial charge in [0.05, 0.1) is 12.2 Å². The number of carbonyl (C=O) groups is 1. The number of carbonyl (C=O) groups excluding carboxylic acids is 1. The van der Waals surface area contributed by atoms with E-state index in [1.54, 1.807) is 11.8 Å². The summed E-state index contributed by atoms with van der Waals surface area (Å²) in [5.74, 6) is 0.757. The van der Waals surface area contributed by atoms with Crippen LogP contribution >= 0.6 is 23.4 Å². The van der Waals surface area contributed by atoms with Crippen LogP contribution in [0.2, 0.25) is 5.02 Å². The number of hydrogen-bond acceptors (Lipinski definition) is 3. The van der Waals surface area contributed by atoms with E-state index in [1.807, 2.05) is 67.1 Å². The molecule has 0 spiro atoms. The highest BCUT2D eigenvalue weighted by Crippen LogP contribution is 2.19. The lowest BCUT2D eigenvalue weighted by Crippen LogP contribution is -2.25.